The first-order valence-corrected chi connectivity index (χ1v) is 7.73. The molecule has 3 heteroatoms. The van der Waals surface area contributed by atoms with Gasteiger partial charge in [-0.05, 0) is 43.6 Å². The molecule has 1 aromatic heterocycles. The Morgan fingerprint density at radius 3 is 2.94 bits per heavy atom. The smallest absolute Gasteiger partial charge is 0.0627 e. The maximum absolute atomic E-state index is 4.51. The number of halogens is 1. The zero-order chi connectivity index (χ0) is 12.3. The van der Waals surface area contributed by atoms with Crippen molar-refractivity contribution in [3.05, 3.63) is 18.0 Å². The number of hydrogen-bond donors (Lipinski definition) is 0. The Morgan fingerprint density at radius 2 is 2.29 bits per heavy atom. The summed E-state index contributed by atoms with van der Waals surface area (Å²) in [6.07, 6.45) is 10.0. The SMILES string of the molecule is CCCC1CCC(Br)C(Cc2ccn(C)n2)C1. The van der Waals surface area contributed by atoms with Gasteiger partial charge >= 0.3 is 0 Å². The van der Waals surface area contributed by atoms with Gasteiger partial charge in [-0.15, -0.1) is 0 Å². The summed E-state index contributed by atoms with van der Waals surface area (Å²) in [6, 6.07) is 2.16. The second-order valence-corrected chi connectivity index (χ2v) is 6.60. The van der Waals surface area contributed by atoms with Crippen LogP contribution >= 0.6 is 15.9 Å². The summed E-state index contributed by atoms with van der Waals surface area (Å²) >= 11 is 3.86. The fourth-order valence-corrected chi connectivity index (χ4v) is 3.71. The molecule has 1 aliphatic rings. The van der Waals surface area contributed by atoms with Gasteiger partial charge in [0.15, 0.2) is 0 Å². The zero-order valence-electron chi connectivity index (χ0n) is 10.9. The molecule has 2 nitrogen and oxygen atoms in total. The van der Waals surface area contributed by atoms with Gasteiger partial charge in [-0.3, -0.25) is 4.68 Å². The molecule has 96 valence electrons. The minimum Gasteiger partial charge on any atom is -0.276 e. The van der Waals surface area contributed by atoms with E-state index in [0.29, 0.717) is 4.83 Å². The first kappa shape index (κ1) is 13.1. The summed E-state index contributed by atoms with van der Waals surface area (Å²) in [4.78, 5) is 0.692. The molecule has 1 fully saturated rings. The molecule has 0 spiro atoms. The minimum atomic E-state index is 0.692. The molecule has 1 aromatic rings. The van der Waals surface area contributed by atoms with Crippen molar-refractivity contribution in [1.82, 2.24) is 9.78 Å². The molecule has 1 heterocycles. The maximum atomic E-state index is 4.51. The average molecular weight is 299 g/mol. The Morgan fingerprint density at radius 1 is 1.47 bits per heavy atom. The molecule has 2 rings (SSSR count). The zero-order valence-corrected chi connectivity index (χ0v) is 12.5. The molecule has 3 unspecified atom stereocenters. The second-order valence-electron chi connectivity index (χ2n) is 5.43. The third-order valence-electron chi connectivity index (χ3n) is 3.94. The molecule has 0 bridgehead atoms. The van der Waals surface area contributed by atoms with E-state index in [0.717, 1.165) is 18.3 Å². The average Bonchev–Trinajstić information content (AvgIpc) is 2.69. The highest BCUT2D eigenvalue weighted by Gasteiger charge is 2.28. The van der Waals surface area contributed by atoms with E-state index in [4.69, 9.17) is 0 Å². The largest absolute Gasteiger partial charge is 0.276 e. The molecule has 0 aromatic carbocycles. The van der Waals surface area contributed by atoms with Gasteiger partial charge in [0.1, 0.15) is 0 Å². The lowest BCUT2D eigenvalue weighted by atomic mass is 9.77. The standard InChI is InChI=1S/C14H23BrN2/c1-3-4-11-5-6-14(15)12(9-11)10-13-7-8-17(2)16-13/h7-8,11-12,14H,3-6,9-10H2,1-2H3. The topological polar surface area (TPSA) is 17.8 Å². The van der Waals surface area contributed by atoms with Crippen molar-refractivity contribution in [2.24, 2.45) is 18.9 Å². The van der Waals surface area contributed by atoms with E-state index in [1.54, 1.807) is 0 Å². The van der Waals surface area contributed by atoms with Gasteiger partial charge in [-0.25, -0.2) is 0 Å². The highest BCUT2D eigenvalue weighted by atomic mass is 79.9. The highest BCUT2D eigenvalue weighted by molar-refractivity contribution is 9.09. The molecule has 0 aliphatic heterocycles. The third-order valence-corrected chi connectivity index (χ3v) is 5.14. The van der Waals surface area contributed by atoms with Crippen LogP contribution in [0.2, 0.25) is 0 Å². The lowest BCUT2D eigenvalue weighted by Crippen LogP contribution is -2.27. The van der Waals surface area contributed by atoms with Crippen molar-refractivity contribution in [2.75, 3.05) is 0 Å². The van der Waals surface area contributed by atoms with E-state index < -0.39 is 0 Å². The lowest BCUT2D eigenvalue weighted by molar-refractivity contribution is 0.262. The van der Waals surface area contributed by atoms with Crippen molar-refractivity contribution >= 4 is 15.9 Å². The second kappa shape index (κ2) is 6.03. The molecule has 17 heavy (non-hydrogen) atoms. The summed E-state index contributed by atoms with van der Waals surface area (Å²) in [5.41, 5.74) is 1.25. The fraction of sp³-hybridized carbons (Fsp3) is 0.786. The van der Waals surface area contributed by atoms with Crippen LogP contribution < -0.4 is 0 Å². The third kappa shape index (κ3) is 3.57. The van der Waals surface area contributed by atoms with Crippen LogP contribution in [-0.2, 0) is 13.5 Å². The number of alkyl halides is 1. The highest BCUT2D eigenvalue weighted by Crippen LogP contribution is 2.37. The van der Waals surface area contributed by atoms with E-state index >= 15 is 0 Å². The van der Waals surface area contributed by atoms with E-state index in [1.165, 1.54) is 37.8 Å². The maximum Gasteiger partial charge on any atom is 0.0627 e. The van der Waals surface area contributed by atoms with Crippen LogP contribution in [0.15, 0.2) is 12.3 Å². The first-order valence-electron chi connectivity index (χ1n) is 6.81. The Labute approximate surface area is 113 Å². The van der Waals surface area contributed by atoms with Crippen LogP contribution in [0, 0.1) is 11.8 Å². The Balaban J connectivity index is 1.93. The molecule has 0 N–H and O–H groups in total. The van der Waals surface area contributed by atoms with E-state index in [2.05, 4.69) is 34.0 Å². The van der Waals surface area contributed by atoms with Gasteiger partial charge in [0.05, 0.1) is 5.69 Å². The Hall–Kier alpha value is -0.310. The summed E-state index contributed by atoms with van der Waals surface area (Å²) in [6.45, 7) is 2.30. The molecule has 0 radical (unpaired) electrons. The Kier molecular flexibility index (Phi) is 4.66. The minimum absolute atomic E-state index is 0.692. The predicted octanol–water partition coefficient (Wildman–Crippen LogP) is 3.94. The first-order chi connectivity index (χ1) is 8.19. The van der Waals surface area contributed by atoms with Crippen molar-refractivity contribution in [2.45, 2.75) is 50.3 Å². The Bertz CT molecular complexity index is 348. The van der Waals surface area contributed by atoms with Crippen molar-refractivity contribution in [1.29, 1.82) is 0 Å². The van der Waals surface area contributed by atoms with Gasteiger partial charge in [0, 0.05) is 18.1 Å². The lowest BCUT2D eigenvalue weighted by Gasteiger charge is -2.33. The number of hydrogen-bond acceptors (Lipinski definition) is 1. The van der Waals surface area contributed by atoms with Crippen LogP contribution in [0.25, 0.3) is 0 Å². The number of nitrogens with zero attached hydrogens (tertiary/aromatic N) is 2. The number of aromatic nitrogens is 2. The van der Waals surface area contributed by atoms with E-state index in [9.17, 15) is 0 Å². The van der Waals surface area contributed by atoms with Crippen LogP contribution in [0.1, 0.15) is 44.7 Å². The molecular weight excluding hydrogens is 276 g/mol. The monoisotopic (exact) mass is 298 g/mol. The fourth-order valence-electron chi connectivity index (χ4n) is 3.05. The van der Waals surface area contributed by atoms with Crippen LogP contribution in [0.3, 0.4) is 0 Å². The predicted molar refractivity (Wildman–Crippen MR) is 75.4 cm³/mol. The van der Waals surface area contributed by atoms with E-state index in [-0.39, 0.29) is 0 Å². The summed E-state index contributed by atoms with van der Waals surface area (Å²) in [5, 5.41) is 4.51. The van der Waals surface area contributed by atoms with Crippen molar-refractivity contribution < 1.29 is 0 Å². The van der Waals surface area contributed by atoms with Gasteiger partial charge in [0.25, 0.3) is 0 Å². The molecule has 1 saturated carbocycles. The molecule has 0 amide bonds. The molecule has 3 atom stereocenters. The van der Waals surface area contributed by atoms with E-state index in [1.807, 2.05) is 17.9 Å². The molecule has 0 saturated heterocycles. The molecular formula is C14H23BrN2. The van der Waals surface area contributed by atoms with Gasteiger partial charge in [-0.1, -0.05) is 35.7 Å². The summed E-state index contributed by atoms with van der Waals surface area (Å²) in [7, 11) is 2.00. The van der Waals surface area contributed by atoms with Gasteiger partial charge in [-0.2, -0.15) is 5.10 Å². The number of aryl methyl sites for hydroxylation is 1. The van der Waals surface area contributed by atoms with Gasteiger partial charge < -0.3 is 0 Å². The van der Waals surface area contributed by atoms with Crippen LogP contribution in [-0.4, -0.2) is 14.6 Å². The normalized spacial score (nSPS) is 29.5. The van der Waals surface area contributed by atoms with Crippen molar-refractivity contribution in [3.8, 4) is 0 Å². The molecule has 1 aliphatic carbocycles. The van der Waals surface area contributed by atoms with Gasteiger partial charge in [0.2, 0.25) is 0 Å². The van der Waals surface area contributed by atoms with Crippen LogP contribution in [0.4, 0.5) is 0 Å². The van der Waals surface area contributed by atoms with Crippen LogP contribution in [0.5, 0.6) is 0 Å². The number of rotatable bonds is 4. The summed E-state index contributed by atoms with van der Waals surface area (Å²) < 4.78 is 1.91. The van der Waals surface area contributed by atoms with Crippen molar-refractivity contribution in [3.63, 3.8) is 0 Å². The summed E-state index contributed by atoms with van der Waals surface area (Å²) in [5.74, 6) is 1.72. The quantitative estimate of drug-likeness (QED) is 0.770.